The summed E-state index contributed by atoms with van der Waals surface area (Å²) in [6.07, 6.45) is 2.39. The van der Waals surface area contributed by atoms with Crippen LogP contribution in [0.2, 0.25) is 0 Å². The van der Waals surface area contributed by atoms with Crippen LogP contribution in [0.3, 0.4) is 0 Å². The highest BCUT2D eigenvalue weighted by Crippen LogP contribution is 2.35. The van der Waals surface area contributed by atoms with Crippen LogP contribution in [0.15, 0.2) is 30.3 Å². The van der Waals surface area contributed by atoms with Gasteiger partial charge in [-0.2, -0.15) is 0 Å². The number of benzene rings is 2. The van der Waals surface area contributed by atoms with Gasteiger partial charge in [0.25, 0.3) is 0 Å². The fraction of sp³-hybridized carbons (Fsp3) is 0.478. The van der Waals surface area contributed by atoms with E-state index in [2.05, 4.69) is 0 Å². The Balaban J connectivity index is 1.73. The van der Waals surface area contributed by atoms with Gasteiger partial charge in [-0.05, 0) is 49.4 Å². The molecule has 0 N–H and O–H groups in total. The van der Waals surface area contributed by atoms with E-state index in [1.54, 1.807) is 13.0 Å². The minimum Gasteiger partial charge on any atom is -0.491 e. The van der Waals surface area contributed by atoms with Crippen LogP contribution in [0.1, 0.15) is 44.6 Å². The molecule has 0 amide bonds. The number of hydrogen-bond acceptors (Lipinski definition) is 3. The van der Waals surface area contributed by atoms with Crippen LogP contribution < -0.4 is 4.74 Å². The van der Waals surface area contributed by atoms with E-state index in [-0.39, 0.29) is 28.9 Å². The molecule has 3 nitrogen and oxygen atoms in total. The van der Waals surface area contributed by atoms with E-state index in [9.17, 15) is 13.2 Å². The van der Waals surface area contributed by atoms with Crippen LogP contribution in [0.4, 0.5) is 13.2 Å². The second-order valence-electron chi connectivity index (χ2n) is 7.21. The van der Waals surface area contributed by atoms with Gasteiger partial charge in [0, 0.05) is 18.1 Å². The number of halogens is 3. The molecule has 2 aromatic rings. The topological polar surface area (TPSA) is 27.7 Å². The molecule has 1 fully saturated rings. The van der Waals surface area contributed by atoms with E-state index >= 15 is 0 Å². The summed E-state index contributed by atoms with van der Waals surface area (Å²) in [6.45, 7) is 5.66. The van der Waals surface area contributed by atoms with Gasteiger partial charge in [-0.3, -0.25) is 0 Å². The van der Waals surface area contributed by atoms with Gasteiger partial charge in [0.05, 0.1) is 25.9 Å². The molecule has 0 spiro atoms. The first-order valence-electron chi connectivity index (χ1n) is 10.1. The highest BCUT2D eigenvalue weighted by atomic mass is 19.2. The molecule has 2 aromatic carbocycles. The zero-order chi connectivity index (χ0) is 20.8. The van der Waals surface area contributed by atoms with Crippen LogP contribution in [0.25, 0.3) is 11.1 Å². The zero-order valence-corrected chi connectivity index (χ0v) is 16.8. The molecule has 2 unspecified atom stereocenters. The highest BCUT2D eigenvalue weighted by Gasteiger charge is 2.27. The van der Waals surface area contributed by atoms with Crippen molar-refractivity contribution in [3.63, 3.8) is 0 Å². The van der Waals surface area contributed by atoms with Crippen LogP contribution in [-0.2, 0) is 9.47 Å². The summed E-state index contributed by atoms with van der Waals surface area (Å²) < 4.78 is 60.1. The van der Waals surface area contributed by atoms with Crippen LogP contribution >= 0.6 is 0 Å². The maximum atomic E-state index is 14.8. The standard InChI is InChI=1S/C23H27F3O3/c1-3-11-27-14-17-7-5-16(13-29-17)19-9-8-18(22(25)23(19)26)15-6-10-21(28-4-2)20(24)12-15/h6,8-10,12,16-17H,3-5,7,11,13-14H2,1-2H3. The molecular weight excluding hydrogens is 381 g/mol. The Labute approximate surface area is 169 Å². The molecule has 1 heterocycles. The first-order chi connectivity index (χ1) is 14.0. The Morgan fingerprint density at radius 2 is 1.86 bits per heavy atom. The maximum absolute atomic E-state index is 14.8. The molecule has 1 aliphatic heterocycles. The van der Waals surface area contributed by atoms with Crippen LogP contribution in [-0.4, -0.2) is 32.5 Å². The lowest BCUT2D eigenvalue weighted by atomic mass is 9.89. The van der Waals surface area contributed by atoms with Gasteiger partial charge in [0.15, 0.2) is 23.2 Å². The van der Waals surface area contributed by atoms with E-state index < -0.39 is 17.5 Å². The number of ether oxygens (including phenoxy) is 3. The van der Waals surface area contributed by atoms with Gasteiger partial charge >= 0.3 is 0 Å². The summed E-state index contributed by atoms with van der Waals surface area (Å²) >= 11 is 0. The average molecular weight is 408 g/mol. The summed E-state index contributed by atoms with van der Waals surface area (Å²) in [6, 6.07) is 7.18. The lowest BCUT2D eigenvalue weighted by Crippen LogP contribution is -2.29. The Morgan fingerprint density at radius 3 is 2.52 bits per heavy atom. The Hall–Kier alpha value is -2.05. The van der Waals surface area contributed by atoms with Crippen molar-refractivity contribution < 1.29 is 27.4 Å². The van der Waals surface area contributed by atoms with Crippen molar-refractivity contribution >= 4 is 0 Å². The second kappa shape index (κ2) is 10.1. The molecule has 0 aromatic heterocycles. The van der Waals surface area contributed by atoms with Crippen molar-refractivity contribution in [3.8, 4) is 16.9 Å². The molecule has 2 atom stereocenters. The van der Waals surface area contributed by atoms with E-state index in [1.807, 2.05) is 6.92 Å². The summed E-state index contributed by atoms with van der Waals surface area (Å²) in [5.74, 6) is -2.60. The predicted octanol–water partition coefficient (Wildman–Crippen LogP) is 5.86. The van der Waals surface area contributed by atoms with E-state index in [0.29, 0.717) is 38.4 Å². The molecule has 6 heteroatoms. The number of hydrogen-bond donors (Lipinski definition) is 0. The van der Waals surface area contributed by atoms with Crippen molar-refractivity contribution in [1.29, 1.82) is 0 Å². The van der Waals surface area contributed by atoms with Crippen molar-refractivity contribution in [3.05, 3.63) is 53.3 Å². The predicted molar refractivity (Wildman–Crippen MR) is 106 cm³/mol. The molecule has 3 rings (SSSR count). The lowest BCUT2D eigenvalue weighted by molar-refractivity contribution is -0.0485. The fourth-order valence-electron chi connectivity index (χ4n) is 3.59. The Bertz CT molecular complexity index is 817. The molecule has 0 radical (unpaired) electrons. The van der Waals surface area contributed by atoms with E-state index in [4.69, 9.17) is 14.2 Å². The molecular formula is C23H27F3O3. The summed E-state index contributed by atoms with van der Waals surface area (Å²) in [5.41, 5.74) is 0.586. The molecule has 0 bridgehead atoms. The minimum absolute atomic E-state index is 0.00295. The normalized spacial score (nSPS) is 19.3. The number of rotatable bonds is 8. The van der Waals surface area contributed by atoms with Crippen LogP contribution in [0.5, 0.6) is 5.75 Å². The summed E-state index contributed by atoms with van der Waals surface area (Å²) in [7, 11) is 0. The molecule has 29 heavy (non-hydrogen) atoms. The van der Waals surface area contributed by atoms with Gasteiger partial charge in [-0.15, -0.1) is 0 Å². The van der Waals surface area contributed by atoms with Gasteiger partial charge in [-0.25, -0.2) is 13.2 Å². The third kappa shape index (κ3) is 5.11. The van der Waals surface area contributed by atoms with Crippen molar-refractivity contribution in [2.75, 3.05) is 26.4 Å². The van der Waals surface area contributed by atoms with Gasteiger partial charge < -0.3 is 14.2 Å². The monoisotopic (exact) mass is 408 g/mol. The van der Waals surface area contributed by atoms with E-state index in [0.717, 1.165) is 18.9 Å². The van der Waals surface area contributed by atoms with Crippen LogP contribution in [0, 0.1) is 17.5 Å². The summed E-state index contributed by atoms with van der Waals surface area (Å²) in [4.78, 5) is 0. The van der Waals surface area contributed by atoms with Gasteiger partial charge in [0.2, 0.25) is 0 Å². The quantitative estimate of drug-likeness (QED) is 0.512. The van der Waals surface area contributed by atoms with Crippen molar-refractivity contribution in [2.45, 2.75) is 45.1 Å². The first kappa shape index (κ1) is 21.7. The Morgan fingerprint density at radius 1 is 1.03 bits per heavy atom. The molecule has 0 aliphatic carbocycles. The smallest absolute Gasteiger partial charge is 0.166 e. The average Bonchev–Trinajstić information content (AvgIpc) is 2.73. The minimum atomic E-state index is -0.973. The third-order valence-electron chi connectivity index (χ3n) is 5.12. The highest BCUT2D eigenvalue weighted by molar-refractivity contribution is 5.66. The lowest BCUT2D eigenvalue weighted by Gasteiger charge is -2.29. The second-order valence-corrected chi connectivity index (χ2v) is 7.21. The van der Waals surface area contributed by atoms with Gasteiger partial charge in [-0.1, -0.05) is 25.1 Å². The third-order valence-corrected chi connectivity index (χ3v) is 5.12. The molecule has 0 saturated carbocycles. The SMILES string of the molecule is CCCOCC1CCC(c2ccc(-c3ccc(OCC)c(F)c3)c(F)c2F)CO1. The Kier molecular flexibility index (Phi) is 7.56. The fourth-order valence-corrected chi connectivity index (χ4v) is 3.59. The summed E-state index contributed by atoms with van der Waals surface area (Å²) in [5, 5.41) is 0. The molecule has 1 aliphatic rings. The van der Waals surface area contributed by atoms with Crippen molar-refractivity contribution in [2.24, 2.45) is 0 Å². The molecule has 158 valence electrons. The van der Waals surface area contributed by atoms with Gasteiger partial charge in [0.1, 0.15) is 0 Å². The molecule has 1 saturated heterocycles. The van der Waals surface area contributed by atoms with Crippen molar-refractivity contribution in [1.82, 2.24) is 0 Å². The zero-order valence-electron chi connectivity index (χ0n) is 16.8. The van der Waals surface area contributed by atoms with E-state index in [1.165, 1.54) is 18.2 Å². The first-order valence-corrected chi connectivity index (χ1v) is 10.1. The maximum Gasteiger partial charge on any atom is 0.166 e. The largest absolute Gasteiger partial charge is 0.491 e.